The monoisotopic (exact) mass is 486 g/mol. The third-order valence-corrected chi connectivity index (χ3v) is 5.42. The van der Waals surface area contributed by atoms with Crippen LogP contribution in [0.3, 0.4) is 0 Å². The van der Waals surface area contributed by atoms with Crippen LogP contribution in [0.4, 0.5) is 16.0 Å². The lowest BCUT2D eigenvalue weighted by molar-refractivity contribution is -0.118. The number of carbonyl (C=O) groups excluding carboxylic acids is 1. The fraction of sp³-hybridized carbons (Fsp3) is 0.318. The van der Waals surface area contributed by atoms with Gasteiger partial charge in [-0.05, 0) is 11.6 Å². The van der Waals surface area contributed by atoms with Crippen molar-refractivity contribution in [1.82, 2.24) is 35.4 Å². The Kier molecular flexibility index (Phi) is 6.38. The molecule has 2 aromatic heterocycles. The van der Waals surface area contributed by atoms with E-state index in [-0.39, 0.29) is 46.5 Å². The van der Waals surface area contributed by atoms with Gasteiger partial charge in [0.2, 0.25) is 5.95 Å². The van der Waals surface area contributed by atoms with Gasteiger partial charge in [0.05, 0.1) is 22.5 Å². The average molecular weight is 487 g/mol. The largest absolute Gasteiger partial charge is 0.475 e. The van der Waals surface area contributed by atoms with Crippen LogP contribution in [0.15, 0.2) is 42.8 Å². The molecule has 1 aliphatic rings. The van der Waals surface area contributed by atoms with Gasteiger partial charge in [-0.3, -0.25) is 9.48 Å². The molecule has 1 unspecified atom stereocenters. The van der Waals surface area contributed by atoms with Crippen molar-refractivity contribution in [1.29, 1.82) is 0 Å². The van der Waals surface area contributed by atoms with Crippen molar-refractivity contribution in [3.63, 3.8) is 0 Å². The van der Waals surface area contributed by atoms with E-state index < -0.39 is 5.82 Å². The summed E-state index contributed by atoms with van der Waals surface area (Å²) in [6.45, 7) is 6.01. The van der Waals surface area contributed by atoms with Crippen molar-refractivity contribution in [2.45, 2.75) is 33.5 Å². The Morgan fingerprint density at radius 1 is 1.32 bits per heavy atom. The topological polar surface area (TPSA) is 119 Å². The lowest BCUT2D eigenvalue weighted by Crippen LogP contribution is -2.40. The van der Waals surface area contributed by atoms with Gasteiger partial charge in [0.15, 0.2) is 17.9 Å². The predicted molar refractivity (Wildman–Crippen MR) is 124 cm³/mol. The Hall–Kier alpha value is -3.73. The molecule has 1 atom stereocenters. The molecule has 1 aliphatic heterocycles. The summed E-state index contributed by atoms with van der Waals surface area (Å²) in [6.07, 6.45) is 5.70. The number of benzene rings is 1. The molecule has 0 spiro atoms. The second kappa shape index (κ2) is 9.26. The molecule has 1 aromatic carbocycles. The van der Waals surface area contributed by atoms with E-state index in [1.165, 1.54) is 18.7 Å². The summed E-state index contributed by atoms with van der Waals surface area (Å²) in [4.78, 5) is 24.8. The molecule has 3 aromatic rings. The minimum atomic E-state index is -0.693. The van der Waals surface area contributed by atoms with Crippen LogP contribution in [-0.2, 0) is 23.1 Å². The smallest absolute Gasteiger partial charge is 0.270 e. The number of ether oxygens (including phenoxy) is 1. The van der Waals surface area contributed by atoms with Gasteiger partial charge < -0.3 is 20.7 Å². The lowest BCUT2D eigenvalue weighted by atomic mass is 9.94. The summed E-state index contributed by atoms with van der Waals surface area (Å²) in [5.41, 5.74) is 1.30. The van der Waals surface area contributed by atoms with E-state index in [1.807, 2.05) is 20.8 Å². The first-order chi connectivity index (χ1) is 16.1. The first-order valence-electron chi connectivity index (χ1n) is 10.4. The molecule has 3 heterocycles. The first kappa shape index (κ1) is 23.4. The van der Waals surface area contributed by atoms with Crippen LogP contribution in [0.1, 0.15) is 26.3 Å². The van der Waals surface area contributed by atoms with E-state index in [0.29, 0.717) is 16.9 Å². The number of rotatable bonds is 6. The minimum Gasteiger partial charge on any atom is -0.475 e. The zero-order valence-corrected chi connectivity index (χ0v) is 19.8. The third kappa shape index (κ3) is 5.09. The molecular weight excluding hydrogens is 463 g/mol. The zero-order valence-electron chi connectivity index (χ0n) is 19.1. The molecule has 0 saturated heterocycles. The van der Waals surface area contributed by atoms with E-state index in [0.717, 1.165) is 0 Å². The Morgan fingerprint density at radius 2 is 2.12 bits per heavy atom. The Balaban J connectivity index is 1.44. The highest BCUT2D eigenvalue weighted by molar-refractivity contribution is 6.31. The molecule has 0 aliphatic carbocycles. The van der Waals surface area contributed by atoms with Crippen LogP contribution in [0.5, 0.6) is 0 Å². The number of nitrogens with zero attached hydrogens (tertiary/aromatic N) is 5. The van der Waals surface area contributed by atoms with Crippen LogP contribution >= 0.6 is 11.6 Å². The maximum absolute atomic E-state index is 15.1. The molecule has 0 fully saturated rings. The molecule has 1 amide bonds. The molecule has 10 nitrogen and oxygen atoms in total. The molecule has 178 valence electrons. The van der Waals surface area contributed by atoms with Gasteiger partial charge in [0.1, 0.15) is 18.3 Å². The highest BCUT2D eigenvalue weighted by Crippen LogP contribution is 2.29. The van der Waals surface area contributed by atoms with Crippen LogP contribution in [0, 0.1) is 11.2 Å². The fourth-order valence-corrected chi connectivity index (χ4v) is 3.39. The third-order valence-electron chi connectivity index (χ3n) is 5.02. The quantitative estimate of drug-likeness (QED) is 0.486. The molecule has 4 rings (SSSR count). The van der Waals surface area contributed by atoms with Crippen molar-refractivity contribution >= 4 is 29.1 Å². The molecule has 3 N–H and O–H groups in total. The number of nitrogens with one attached hydrogen (secondary N) is 3. The molecule has 12 heteroatoms. The SMILES string of the molecule is Cn1cc(Nc2ncnc(-c3ccc(CNC(=O)C4=COC(C(C)(C)C)N4)c(Cl)c3F)n2)cn1. The normalized spacial score (nSPS) is 15.4. The predicted octanol–water partition coefficient (Wildman–Crippen LogP) is 3.26. The maximum Gasteiger partial charge on any atom is 0.270 e. The van der Waals surface area contributed by atoms with Crippen molar-refractivity contribution < 1.29 is 13.9 Å². The van der Waals surface area contributed by atoms with Crippen LogP contribution < -0.4 is 16.0 Å². The van der Waals surface area contributed by atoms with Crippen LogP contribution in [0.25, 0.3) is 11.4 Å². The van der Waals surface area contributed by atoms with Gasteiger partial charge in [-0.1, -0.05) is 38.4 Å². The van der Waals surface area contributed by atoms with Crippen LogP contribution in [-0.4, -0.2) is 36.9 Å². The number of hydrogen-bond donors (Lipinski definition) is 3. The maximum atomic E-state index is 15.1. The van der Waals surface area contributed by atoms with E-state index in [1.54, 1.807) is 30.2 Å². The number of anilines is 2. The van der Waals surface area contributed by atoms with Gasteiger partial charge in [-0.25, -0.2) is 14.4 Å². The van der Waals surface area contributed by atoms with Gasteiger partial charge in [0.25, 0.3) is 5.91 Å². The van der Waals surface area contributed by atoms with Gasteiger partial charge >= 0.3 is 0 Å². The number of amides is 1. The van der Waals surface area contributed by atoms with Gasteiger partial charge in [-0.2, -0.15) is 10.1 Å². The Bertz CT molecular complexity index is 1250. The van der Waals surface area contributed by atoms with E-state index in [4.69, 9.17) is 16.3 Å². The Morgan fingerprint density at radius 3 is 2.79 bits per heavy atom. The number of aromatic nitrogens is 5. The van der Waals surface area contributed by atoms with E-state index in [2.05, 4.69) is 36.0 Å². The first-order valence-corrected chi connectivity index (χ1v) is 10.8. The summed E-state index contributed by atoms with van der Waals surface area (Å²) >= 11 is 6.27. The fourth-order valence-electron chi connectivity index (χ4n) is 3.16. The summed E-state index contributed by atoms with van der Waals surface area (Å²) in [7, 11) is 1.78. The lowest BCUT2D eigenvalue weighted by Gasteiger charge is -2.26. The van der Waals surface area contributed by atoms with Crippen molar-refractivity contribution in [3.8, 4) is 11.4 Å². The number of carbonyl (C=O) groups is 1. The van der Waals surface area contributed by atoms with Crippen LogP contribution in [0.2, 0.25) is 5.02 Å². The highest BCUT2D eigenvalue weighted by Gasteiger charge is 2.32. The highest BCUT2D eigenvalue weighted by atomic mass is 35.5. The summed E-state index contributed by atoms with van der Waals surface area (Å²) < 4.78 is 22.2. The van der Waals surface area contributed by atoms with Crippen molar-refractivity contribution in [2.75, 3.05) is 5.32 Å². The molecule has 0 radical (unpaired) electrons. The summed E-state index contributed by atoms with van der Waals surface area (Å²) in [5.74, 6) is -0.725. The second-order valence-corrected chi connectivity index (χ2v) is 9.18. The van der Waals surface area contributed by atoms with Gasteiger partial charge in [0, 0.05) is 25.2 Å². The molecule has 0 saturated carbocycles. The Labute approximate surface area is 200 Å². The van der Waals surface area contributed by atoms with E-state index >= 15 is 4.39 Å². The standard InChI is InChI=1S/C22H24ClFN8O2/c1-22(2,3)20-30-15(10-34-20)19(33)25-7-12-5-6-14(17(24)16(12)23)18-26-11-27-21(31-18)29-13-8-28-32(4)9-13/h5-6,8-11,20,30H,7H2,1-4H3,(H,25,33)(H,26,27,29,31). The number of aryl methyl sites for hydroxylation is 1. The second-order valence-electron chi connectivity index (χ2n) is 8.80. The number of halogens is 2. The zero-order chi connectivity index (χ0) is 24.5. The molecule has 34 heavy (non-hydrogen) atoms. The average Bonchev–Trinajstić information content (AvgIpc) is 3.44. The molecular formula is C22H24ClFN8O2. The van der Waals surface area contributed by atoms with E-state index in [9.17, 15) is 4.79 Å². The molecule has 0 bridgehead atoms. The van der Waals surface area contributed by atoms with Gasteiger partial charge in [-0.15, -0.1) is 0 Å². The summed E-state index contributed by atoms with van der Waals surface area (Å²) in [6, 6.07) is 3.13. The number of hydrogen-bond acceptors (Lipinski definition) is 8. The minimum absolute atomic E-state index is 0.0269. The summed E-state index contributed by atoms with van der Waals surface area (Å²) in [5, 5.41) is 12.7. The van der Waals surface area contributed by atoms with Crippen molar-refractivity contribution in [2.24, 2.45) is 12.5 Å². The van der Waals surface area contributed by atoms with Crippen molar-refractivity contribution in [3.05, 3.63) is 59.2 Å².